The lowest BCUT2D eigenvalue weighted by Crippen LogP contribution is -2.38. The van der Waals surface area contributed by atoms with Crippen molar-refractivity contribution in [2.24, 2.45) is 0 Å². The summed E-state index contributed by atoms with van der Waals surface area (Å²) in [6, 6.07) is 4.76. The Hall–Kier alpha value is -1.06. The van der Waals surface area contributed by atoms with E-state index in [1.807, 2.05) is 0 Å². The van der Waals surface area contributed by atoms with E-state index < -0.39 is 0 Å². The number of hydrogen-bond donors (Lipinski definition) is 0. The van der Waals surface area contributed by atoms with Gasteiger partial charge in [0.05, 0.1) is 0 Å². The third-order valence-electron chi connectivity index (χ3n) is 2.72. The number of piperidine rings is 1. The van der Waals surface area contributed by atoms with Crippen LogP contribution >= 0.6 is 23.2 Å². The molecular formula is C12H11Cl2NO2. The van der Waals surface area contributed by atoms with Gasteiger partial charge in [-0.15, -0.1) is 0 Å². The van der Waals surface area contributed by atoms with Crippen LogP contribution in [0, 0.1) is 0 Å². The molecule has 0 radical (unpaired) electrons. The normalized spacial score (nSPS) is 16.1. The number of Topliss-reactive ketones (excluding diaryl/α,β-unsaturated/α-hetero) is 1. The van der Waals surface area contributed by atoms with Gasteiger partial charge in [0.1, 0.15) is 5.78 Å². The highest BCUT2D eigenvalue weighted by Gasteiger charge is 2.22. The van der Waals surface area contributed by atoms with E-state index in [-0.39, 0.29) is 11.7 Å². The number of benzene rings is 1. The number of carbonyl (C=O) groups is 2. The lowest BCUT2D eigenvalue weighted by Gasteiger charge is -2.26. The van der Waals surface area contributed by atoms with Gasteiger partial charge in [0.15, 0.2) is 0 Å². The summed E-state index contributed by atoms with van der Waals surface area (Å²) in [5.41, 5.74) is 0.469. The lowest BCUT2D eigenvalue weighted by atomic mass is 10.1. The summed E-state index contributed by atoms with van der Waals surface area (Å²) < 4.78 is 0. The molecule has 90 valence electrons. The number of halogens is 2. The number of amides is 1. The van der Waals surface area contributed by atoms with Crippen molar-refractivity contribution in [1.82, 2.24) is 4.90 Å². The Morgan fingerprint density at radius 3 is 2.12 bits per heavy atom. The summed E-state index contributed by atoms with van der Waals surface area (Å²) in [6.07, 6.45) is 0.861. The number of hydrogen-bond acceptors (Lipinski definition) is 2. The monoisotopic (exact) mass is 271 g/mol. The molecule has 1 amide bonds. The van der Waals surface area contributed by atoms with Crippen molar-refractivity contribution < 1.29 is 9.59 Å². The lowest BCUT2D eigenvalue weighted by molar-refractivity contribution is -0.120. The molecule has 1 aromatic rings. The minimum absolute atomic E-state index is 0.123. The van der Waals surface area contributed by atoms with Crippen molar-refractivity contribution in [3.63, 3.8) is 0 Å². The van der Waals surface area contributed by atoms with Gasteiger partial charge in [-0.05, 0) is 18.2 Å². The van der Waals surface area contributed by atoms with E-state index >= 15 is 0 Å². The molecule has 0 N–H and O–H groups in total. The van der Waals surface area contributed by atoms with E-state index in [2.05, 4.69) is 0 Å². The van der Waals surface area contributed by atoms with E-state index in [1.54, 1.807) is 23.1 Å². The second-order valence-corrected chi connectivity index (χ2v) is 4.86. The summed E-state index contributed by atoms with van der Waals surface area (Å²) in [5.74, 6) is 0.0834. The van der Waals surface area contributed by atoms with Gasteiger partial charge in [-0.25, -0.2) is 0 Å². The Kier molecular flexibility index (Phi) is 3.69. The molecule has 1 heterocycles. The third-order valence-corrected chi connectivity index (χ3v) is 3.15. The Morgan fingerprint density at radius 2 is 1.59 bits per heavy atom. The number of ketones is 1. The van der Waals surface area contributed by atoms with Crippen molar-refractivity contribution in [2.75, 3.05) is 13.1 Å². The number of nitrogens with zero attached hydrogens (tertiary/aromatic N) is 1. The van der Waals surface area contributed by atoms with Crippen molar-refractivity contribution in [2.45, 2.75) is 12.8 Å². The SMILES string of the molecule is O=C1CCN(C(=O)c2cc(Cl)cc(Cl)c2)CC1. The summed E-state index contributed by atoms with van der Waals surface area (Å²) in [5, 5.41) is 0.878. The molecule has 2 rings (SSSR count). The maximum atomic E-state index is 12.1. The number of carbonyl (C=O) groups excluding carboxylic acids is 2. The minimum atomic E-state index is -0.123. The highest BCUT2D eigenvalue weighted by Crippen LogP contribution is 2.21. The van der Waals surface area contributed by atoms with Gasteiger partial charge in [-0.3, -0.25) is 9.59 Å². The molecule has 1 aromatic carbocycles. The molecule has 3 nitrogen and oxygen atoms in total. The molecule has 0 saturated carbocycles. The van der Waals surface area contributed by atoms with Crippen molar-refractivity contribution in [3.05, 3.63) is 33.8 Å². The Labute approximate surface area is 109 Å². The van der Waals surface area contributed by atoms with Crippen LogP contribution in [0.4, 0.5) is 0 Å². The Bertz CT molecular complexity index is 443. The van der Waals surface area contributed by atoms with Crippen molar-refractivity contribution in [1.29, 1.82) is 0 Å². The molecule has 1 fully saturated rings. The van der Waals surface area contributed by atoms with Crippen LogP contribution in [0.3, 0.4) is 0 Å². The van der Waals surface area contributed by atoms with Crippen LogP contribution in [0.25, 0.3) is 0 Å². The molecule has 5 heteroatoms. The molecular weight excluding hydrogens is 261 g/mol. The Balaban J connectivity index is 2.16. The molecule has 0 spiro atoms. The van der Waals surface area contributed by atoms with Gasteiger partial charge >= 0.3 is 0 Å². The zero-order valence-electron chi connectivity index (χ0n) is 9.08. The molecule has 1 aliphatic heterocycles. The summed E-state index contributed by atoms with van der Waals surface area (Å²) in [7, 11) is 0. The maximum Gasteiger partial charge on any atom is 0.253 e. The molecule has 1 aliphatic rings. The van der Waals surface area contributed by atoms with Gasteiger partial charge in [0, 0.05) is 41.5 Å². The topological polar surface area (TPSA) is 37.4 Å². The summed E-state index contributed by atoms with van der Waals surface area (Å²) in [6.45, 7) is 0.948. The fourth-order valence-corrected chi connectivity index (χ4v) is 2.35. The van der Waals surface area contributed by atoms with Gasteiger partial charge in [-0.2, -0.15) is 0 Å². The van der Waals surface area contributed by atoms with Crippen molar-refractivity contribution >= 4 is 34.9 Å². The quantitative estimate of drug-likeness (QED) is 0.788. The van der Waals surface area contributed by atoms with Gasteiger partial charge in [0.25, 0.3) is 5.91 Å². The molecule has 0 aromatic heterocycles. The first kappa shape index (κ1) is 12.4. The largest absolute Gasteiger partial charge is 0.338 e. The molecule has 0 unspecified atom stereocenters. The summed E-state index contributed by atoms with van der Waals surface area (Å²) in [4.78, 5) is 24.9. The minimum Gasteiger partial charge on any atom is -0.338 e. The standard InChI is InChI=1S/C12H11Cl2NO2/c13-9-5-8(6-10(14)7-9)12(17)15-3-1-11(16)2-4-15/h5-7H,1-4H2. The maximum absolute atomic E-state index is 12.1. The Morgan fingerprint density at radius 1 is 1.06 bits per heavy atom. The second-order valence-electron chi connectivity index (χ2n) is 3.99. The third kappa shape index (κ3) is 2.99. The van der Waals surface area contributed by atoms with Crippen LogP contribution in [0.1, 0.15) is 23.2 Å². The highest BCUT2D eigenvalue weighted by molar-refractivity contribution is 6.35. The van der Waals surface area contributed by atoms with Crippen LogP contribution in [-0.4, -0.2) is 29.7 Å². The molecule has 0 aliphatic carbocycles. The smallest absolute Gasteiger partial charge is 0.253 e. The first-order valence-electron chi connectivity index (χ1n) is 5.33. The summed E-state index contributed by atoms with van der Waals surface area (Å²) >= 11 is 11.7. The van der Waals surface area contributed by atoms with E-state index in [0.717, 1.165) is 0 Å². The van der Waals surface area contributed by atoms with E-state index in [9.17, 15) is 9.59 Å². The first-order chi connectivity index (χ1) is 8.06. The average Bonchev–Trinajstić information content (AvgIpc) is 2.28. The first-order valence-corrected chi connectivity index (χ1v) is 6.09. The van der Waals surface area contributed by atoms with Gasteiger partial charge in [-0.1, -0.05) is 23.2 Å². The molecule has 0 bridgehead atoms. The zero-order valence-corrected chi connectivity index (χ0v) is 10.6. The van der Waals surface area contributed by atoms with Gasteiger partial charge < -0.3 is 4.90 Å². The van der Waals surface area contributed by atoms with Crippen LogP contribution in [0.5, 0.6) is 0 Å². The predicted molar refractivity (Wildman–Crippen MR) is 66.6 cm³/mol. The van der Waals surface area contributed by atoms with Crippen molar-refractivity contribution in [3.8, 4) is 0 Å². The predicted octanol–water partition coefficient (Wildman–Crippen LogP) is 2.80. The van der Waals surface area contributed by atoms with E-state index in [1.165, 1.54) is 0 Å². The van der Waals surface area contributed by atoms with Crippen LogP contribution in [0.2, 0.25) is 10.0 Å². The van der Waals surface area contributed by atoms with Crippen LogP contribution < -0.4 is 0 Å². The van der Waals surface area contributed by atoms with Crippen LogP contribution in [0.15, 0.2) is 18.2 Å². The van der Waals surface area contributed by atoms with E-state index in [0.29, 0.717) is 41.5 Å². The molecule has 17 heavy (non-hydrogen) atoms. The van der Waals surface area contributed by atoms with Crippen LogP contribution in [-0.2, 0) is 4.79 Å². The van der Waals surface area contributed by atoms with Gasteiger partial charge in [0.2, 0.25) is 0 Å². The highest BCUT2D eigenvalue weighted by atomic mass is 35.5. The number of rotatable bonds is 1. The fraction of sp³-hybridized carbons (Fsp3) is 0.333. The second kappa shape index (κ2) is 5.07. The average molecular weight is 272 g/mol. The molecule has 0 atom stereocenters. The molecule has 1 saturated heterocycles. The number of likely N-dealkylation sites (tertiary alicyclic amines) is 1. The van der Waals surface area contributed by atoms with E-state index in [4.69, 9.17) is 23.2 Å². The zero-order chi connectivity index (χ0) is 12.4. The fourth-order valence-electron chi connectivity index (χ4n) is 1.82.